The molecule has 176 valence electrons. The second kappa shape index (κ2) is 12.0. The number of allylic oxidation sites excluding steroid dienone is 1. The molecule has 1 amide bonds. The van der Waals surface area contributed by atoms with Crippen molar-refractivity contribution in [3.05, 3.63) is 47.2 Å². The number of carbonyl (C=O) groups excluding carboxylic acids is 2. The van der Waals surface area contributed by atoms with Crippen LogP contribution in [0.4, 0.5) is 0 Å². The monoisotopic (exact) mass is 445 g/mol. The summed E-state index contributed by atoms with van der Waals surface area (Å²) >= 11 is 0. The number of aliphatic hydroxyl groups excluding tert-OH is 1. The SMILES string of the molecule is CCO[C@@H]1OC(C(=O)NC2CCCCC2)=C[C@H](c2ccc(C(=O)OC)cc2)[C@H]1CCCO. The van der Waals surface area contributed by atoms with Gasteiger partial charge in [-0.15, -0.1) is 0 Å². The van der Waals surface area contributed by atoms with Gasteiger partial charge in [0.2, 0.25) is 6.29 Å². The lowest BCUT2D eigenvalue weighted by Crippen LogP contribution is -2.42. The van der Waals surface area contributed by atoms with E-state index in [2.05, 4.69) is 5.32 Å². The Morgan fingerprint density at radius 2 is 1.88 bits per heavy atom. The lowest BCUT2D eigenvalue weighted by Gasteiger charge is -2.37. The number of ether oxygens (including phenoxy) is 3. The molecular weight excluding hydrogens is 410 g/mol. The first-order valence-corrected chi connectivity index (χ1v) is 11.7. The molecule has 1 saturated carbocycles. The smallest absolute Gasteiger partial charge is 0.337 e. The van der Waals surface area contributed by atoms with Crippen molar-refractivity contribution in [2.24, 2.45) is 5.92 Å². The van der Waals surface area contributed by atoms with Crippen LogP contribution in [-0.2, 0) is 19.0 Å². The first-order valence-electron chi connectivity index (χ1n) is 11.7. The van der Waals surface area contributed by atoms with Gasteiger partial charge in [-0.25, -0.2) is 4.79 Å². The molecule has 0 aromatic heterocycles. The highest BCUT2D eigenvalue weighted by Gasteiger charge is 2.38. The minimum atomic E-state index is -0.589. The zero-order valence-electron chi connectivity index (χ0n) is 19.0. The van der Waals surface area contributed by atoms with Crippen LogP contribution in [0.2, 0.25) is 0 Å². The zero-order chi connectivity index (χ0) is 22.9. The molecule has 3 atom stereocenters. The summed E-state index contributed by atoms with van der Waals surface area (Å²) in [6.45, 7) is 2.42. The summed E-state index contributed by atoms with van der Waals surface area (Å²) in [5.41, 5.74) is 1.42. The Balaban J connectivity index is 1.88. The van der Waals surface area contributed by atoms with Gasteiger partial charge < -0.3 is 24.6 Å². The van der Waals surface area contributed by atoms with Gasteiger partial charge >= 0.3 is 5.97 Å². The van der Waals surface area contributed by atoms with Crippen LogP contribution in [0, 0.1) is 5.92 Å². The number of carbonyl (C=O) groups is 2. The summed E-state index contributed by atoms with van der Waals surface area (Å²) in [6, 6.07) is 7.39. The van der Waals surface area contributed by atoms with E-state index in [4.69, 9.17) is 14.2 Å². The van der Waals surface area contributed by atoms with Crippen molar-refractivity contribution in [1.29, 1.82) is 0 Å². The zero-order valence-corrected chi connectivity index (χ0v) is 19.0. The quantitative estimate of drug-likeness (QED) is 0.563. The number of amides is 1. The average Bonchev–Trinajstić information content (AvgIpc) is 2.83. The summed E-state index contributed by atoms with van der Waals surface area (Å²) in [6.07, 6.45) is 8.02. The van der Waals surface area contributed by atoms with Crippen LogP contribution in [0.15, 0.2) is 36.1 Å². The standard InChI is InChI=1S/C25H35NO6/c1-3-31-25-20(10-7-15-27)21(17-11-13-18(14-12-17)24(29)30-2)16-22(32-25)23(28)26-19-8-5-4-6-9-19/h11-14,16,19-21,25,27H,3-10,15H2,1-2H3,(H,26,28)/t20-,21-,25-/m1/s1. The maximum absolute atomic E-state index is 13.0. The third kappa shape index (κ3) is 6.11. The van der Waals surface area contributed by atoms with Crippen molar-refractivity contribution in [3.63, 3.8) is 0 Å². The largest absolute Gasteiger partial charge is 0.465 e. The molecule has 7 nitrogen and oxygen atoms in total. The molecule has 1 aromatic rings. The number of rotatable bonds is 9. The summed E-state index contributed by atoms with van der Waals surface area (Å²) in [5.74, 6) is -0.548. The van der Waals surface area contributed by atoms with Gasteiger partial charge in [-0.1, -0.05) is 31.4 Å². The second-order valence-corrected chi connectivity index (χ2v) is 8.45. The molecule has 1 aromatic carbocycles. The third-order valence-electron chi connectivity index (χ3n) is 6.29. The molecule has 3 rings (SSSR count). The molecule has 0 radical (unpaired) electrons. The molecular formula is C25H35NO6. The van der Waals surface area contributed by atoms with E-state index in [-0.39, 0.29) is 36.2 Å². The number of benzene rings is 1. The van der Waals surface area contributed by atoms with E-state index in [1.165, 1.54) is 13.5 Å². The predicted octanol–water partition coefficient (Wildman–Crippen LogP) is 3.67. The Hall–Kier alpha value is -2.38. The van der Waals surface area contributed by atoms with Crippen LogP contribution < -0.4 is 5.32 Å². The lowest BCUT2D eigenvalue weighted by molar-refractivity contribution is -0.166. The highest BCUT2D eigenvalue weighted by Crippen LogP contribution is 2.39. The van der Waals surface area contributed by atoms with E-state index in [1.54, 1.807) is 12.1 Å². The molecule has 0 bridgehead atoms. The van der Waals surface area contributed by atoms with Crippen LogP contribution >= 0.6 is 0 Å². The van der Waals surface area contributed by atoms with E-state index in [1.807, 2.05) is 25.1 Å². The van der Waals surface area contributed by atoms with Crippen LogP contribution in [0.25, 0.3) is 0 Å². The van der Waals surface area contributed by atoms with Crippen LogP contribution in [0.1, 0.15) is 73.7 Å². The minimum absolute atomic E-state index is 0.0715. The topological polar surface area (TPSA) is 94.1 Å². The molecule has 0 spiro atoms. The molecule has 0 unspecified atom stereocenters. The van der Waals surface area contributed by atoms with Crippen molar-refractivity contribution in [2.75, 3.05) is 20.3 Å². The molecule has 0 saturated heterocycles. The second-order valence-electron chi connectivity index (χ2n) is 8.45. The first kappa shape index (κ1) is 24.3. The molecule has 1 fully saturated rings. The Kier molecular flexibility index (Phi) is 9.11. The maximum Gasteiger partial charge on any atom is 0.337 e. The highest BCUT2D eigenvalue weighted by atomic mass is 16.7. The van der Waals surface area contributed by atoms with Gasteiger partial charge in [0, 0.05) is 31.1 Å². The fourth-order valence-corrected chi connectivity index (χ4v) is 4.61. The minimum Gasteiger partial charge on any atom is -0.465 e. The fraction of sp³-hybridized carbons (Fsp3) is 0.600. The number of methoxy groups -OCH3 is 1. The molecule has 32 heavy (non-hydrogen) atoms. The predicted molar refractivity (Wildman–Crippen MR) is 120 cm³/mol. The number of hydrogen-bond donors (Lipinski definition) is 2. The fourth-order valence-electron chi connectivity index (χ4n) is 4.61. The molecule has 1 aliphatic heterocycles. The number of hydrogen-bond acceptors (Lipinski definition) is 6. The lowest BCUT2D eigenvalue weighted by atomic mass is 9.80. The van der Waals surface area contributed by atoms with Crippen molar-refractivity contribution < 1.29 is 28.9 Å². The van der Waals surface area contributed by atoms with Gasteiger partial charge in [-0.2, -0.15) is 0 Å². The molecule has 2 aliphatic rings. The van der Waals surface area contributed by atoms with E-state index in [0.717, 1.165) is 31.2 Å². The summed E-state index contributed by atoms with van der Waals surface area (Å²) in [5, 5.41) is 12.5. The van der Waals surface area contributed by atoms with Crippen LogP contribution in [0.3, 0.4) is 0 Å². The molecule has 7 heteroatoms. The first-order chi connectivity index (χ1) is 15.6. The van der Waals surface area contributed by atoms with Crippen molar-refractivity contribution in [3.8, 4) is 0 Å². The van der Waals surface area contributed by atoms with Gasteiger partial charge in [0.25, 0.3) is 5.91 Å². The van der Waals surface area contributed by atoms with Gasteiger partial charge in [-0.3, -0.25) is 4.79 Å². The van der Waals surface area contributed by atoms with Gasteiger partial charge in [0.1, 0.15) is 0 Å². The van der Waals surface area contributed by atoms with Crippen molar-refractivity contribution in [2.45, 2.75) is 70.1 Å². The molecule has 1 aliphatic carbocycles. The third-order valence-corrected chi connectivity index (χ3v) is 6.29. The Morgan fingerprint density at radius 1 is 1.16 bits per heavy atom. The summed E-state index contributed by atoms with van der Waals surface area (Å²) < 4.78 is 16.7. The van der Waals surface area contributed by atoms with E-state index in [9.17, 15) is 14.7 Å². The van der Waals surface area contributed by atoms with Gasteiger partial charge in [-0.05, 0) is 56.4 Å². The van der Waals surface area contributed by atoms with E-state index in [0.29, 0.717) is 25.0 Å². The normalized spacial score (nSPS) is 23.7. The number of aliphatic hydroxyl groups is 1. The van der Waals surface area contributed by atoms with E-state index < -0.39 is 12.3 Å². The number of nitrogens with one attached hydrogen (secondary N) is 1. The Morgan fingerprint density at radius 3 is 2.50 bits per heavy atom. The summed E-state index contributed by atoms with van der Waals surface area (Å²) in [7, 11) is 1.35. The molecule has 2 N–H and O–H groups in total. The van der Waals surface area contributed by atoms with Gasteiger partial charge in [0.05, 0.1) is 12.7 Å². The molecule has 1 heterocycles. The highest BCUT2D eigenvalue weighted by molar-refractivity contribution is 5.92. The average molecular weight is 446 g/mol. The summed E-state index contributed by atoms with van der Waals surface area (Å²) in [4.78, 5) is 24.9. The van der Waals surface area contributed by atoms with Crippen molar-refractivity contribution in [1.82, 2.24) is 5.32 Å². The van der Waals surface area contributed by atoms with Gasteiger partial charge in [0.15, 0.2) is 5.76 Å². The van der Waals surface area contributed by atoms with Crippen LogP contribution in [0.5, 0.6) is 0 Å². The number of esters is 1. The van der Waals surface area contributed by atoms with E-state index >= 15 is 0 Å². The maximum atomic E-state index is 13.0. The Labute approximate surface area is 190 Å². The van der Waals surface area contributed by atoms with Crippen molar-refractivity contribution >= 4 is 11.9 Å². The van der Waals surface area contributed by atoms with Crippen LogP contribution in [-0.4, -0.2) is 49.6 Å². The Bertz CT molecular complexity index is 784.